The van der Waals surface area contributed by atoms with Crippen molar-refractivity contribution in [2.75, 3.05) is 26.7 Å². The third-order valence-electron chi connectivity index (χ3n) is 2.80. The molecule has 0 aliphatic heterocycles. The standard InChI is InChI=1S/C14H24N2O/c1-3-10-16(11-6-9-15)12-13-7-4-5-8-14(13)17-2/h4-5,7-8H,3,6,9-12,15H2,1-2H3. The topological polar surface area (TPSA) is 38.5 Å². The van der Waals surface area contributed by atoms with Crippen LogP contribution in [0, 0.1) is 0 Å². The van der Waals surface area contributed by atoms with Crippen molar-refractivity contribution in [3.63, 3.8) is 0 Å². The lowest BCUT2D eigenvalue weighted by atomic mass is 10.1. The quantitative estimate of drug-likeness (QED) is 0.752. The molecule has 3 nitrogen and oxygen atoms in total. The van der Waals surface area contributed by atoms with Crippen LogP contribution in [-0.4, -0.2) is 31.6 Å². The van der Waals surface area contributed by atoms with Crippen LogP contribution in [0.4, 0.5) is 0 Å². The molecular formula is C14H24N2O. The molecule has 0 spiro atoms. The molecule has 0 atom stereocenters. The van der Waals surface area contributed by atoms with E-state index in [0.29, 0.717) is 0 Å². The molecule has 1 rings (SSSR count). The second-order valence-corrected chi connectivity index (χ2v) is 4.23. The molecular weight excluding hydrogens is 212 g/mol. The van der Waals surface area contributed by atoms with Crippen LogP contribution in [0.2, 0.25) is 0 Å². The fourth-order valence-electron chi connectivity index (χ4n) is 1.98. The molecule has 0 aliphatic carbocycles. The van der Waals surface area contributed by atoms with Gasteiger partial charge in [0.05, 0.1) is 7.11 Å². The highest BCUT2D eigenvalue weighted by atomic mass is 16.5. The summed E-state index contributed by atoms with van der Waals surface area (Å²) in [5.74, 6) is 0.973. The van der Waals surface area contributed by atoms with Crippen LogP contribution in [0.3, 0.4) is 0 Å². The summed E-state index contributed by atoms with van der Waals surface area (Å²) in [5.41, 5.74) is 6.82. The molecule has 0 aliphatic rings. The van der Waals surface area contributed by atoms with Crippen molar-refractivity contribution < 1.29 is 4.74 Å². The highest BCUT2D eigenvalue weighted by Crippen LogP contribution is 2.19. The average molecular weight is 236 g/mol. The van der Waals surface area contributed by atoms with E-state index in [1.54, 1.807) is 7.11 Å². The monoisotopic (exact) mass is 236 g/mol. The first-order valence-electron chi connectivity index (χ1n) is 6.36. The van der Waals surface area contributed by atoms with Crippen LogP contribution >= 0.6 is 0 Å². The molecule has 1 aromatic carbocycles. The summed E-state index contributed by atoms with van der Waals surface area (Å²) in [4.78, 5) is 2.44. The summed E-state index contributed by atoms with van der Waals surface area (Å²) in [5, 5.41) is 0. The minimum Gasteiger partial charge on any atom is -0.496 e. The Morgan fingerprint density at radius 1 is 1.24 bits per heavy atom. The highest BCUT2D eigenvalue weighted by Gasteiger charge is 2.08. The number of methoxy groups -OCH3 is 1. The van der Waals surface area contributed by atoms with Crippen LogP contribution in [0.5, 0.6) is 5.75 Å². The lowest BCUT2D eigenvalue weighted by Crippen LogP contribution is -2.27. The van der Waals surface area contributed by atoms with E-state index in [1.807, 2.05) is 12.1 Å². The van der Waals surface area contributed by atoms with Crippen molar-refractivity contribution in [3.05, 3.63) is 29.8 Å². The van der Waals surface area contributed by atoms with Gasteiger partial charge in [-0.1, -0.05) is 25.1 Å². The Kier molecular flexibility index (Phi) is 6.67. The highest BCUT2D eigenvalue weighted by molar-refractivity contribution is 5.33. The van der Waals surface area contributed by atoms with E-state index in [1.165, 1.54) is 12.0 Å². The molecule has 17 heavy (non-hydrogen) atoms. The number of hydrogen-bond donors (Lipinski definition) is 1. The maximum atomic E-state index is 5.57. The normalized spacial score (nSPS) is 10.8. The largest absolute Gasteiger partial charge is 0.496 e. The summed E-state index contributed by atoms with van der Waals surface area (Å²) in [6.07, 6.45) is 2.22. The maximum absolute atomic E-state index is 5.57. The molecule has 2 N–H and O–H groups in total. The molecule has 1 aromatic rings. The van der Waals surface area contributed by atoms with E-state index < -0.39 is 0 Å². The van der Waals surface area contributed by atoms with E-state index >= 15 is 0 Å². The lowest BCUT2D eigenvalue weighted by Gasteiger charge is -2.22. The Morgan fingerprint density at radius 3 is 2.65 bits per heavy atom. The molecule has 0 saturated heterocycles. The Balaban J connectivity index is 2.63. The number of para-hydroxylation sites is 1. The van der Waals surface area contributed by atoms with Gasteiger partial charge in [-0.15, -0.1) is 0 Å². The first-order chi connectivity index (χ1) is 8.31. The zero-order valence-corrected chi connectivity index (χ0v) is 11.0. The Morgan fingerprint density at radius 2 is 2.00 bits per heavy atom. The van der Waals surface area contributed by atoms with Crippen LogP contribution in [0.1, 0.15) is 25.3 Å². The second kappa shape index (κ2) is 8.09. The predicted molar refractivity (Wildman–Crippen MR) is 72.2 cm³/mol. The third-order valence-corrected chi connectivity index (χ3v) is 2.80. The van der Waals surface area contributed by atoms with Crippen molar-refractivity contribution in [1.82, 2.24) is 4.90 Å². The number of nitrogens with zero attached hydrogens (tertiary/aromatic N) is 1. The van der Waals surface area contributed by atoms with Crippen LogP contribution in [0.25, 0.3) is 0 Å². The van der Waals surface area contributed by atoms with Crippen molar-refractivity contribution in [2.24, 2.45) is 5.73 Å². The molecule has 0 amide bonds. The SMILES string of the molecule is CCCN(CCCN)Cc1ccccc1OC. The average Bonchev–Trinajstić information content (AvgIpc) is 2.37. The number of rotatable bonds is 8. The van der Waals surface area contributed by atoms with Gasteiger partial charge in [0, 0.05) is 12.1 Å². The van der Waals surface area contributed by atoms with Gasteiger partial charge in [-0.25, -0.2) is 0 Å². The van der Waals surface area contributed by atoms with Gasteiger partial charge in [0.15, 0.2) is 0 Å². The van der Waals surface area contributed by atoms with E-state index in [4.69, 9.17) is 10.5 Å². The zero-order chi connectivity index (χ0) is 12.5. The molecule has 0 saturated carbocycles. The second-order valence-electron chi connectivity index (χ2n) is 4.23. The molecule has 0 unspecified atom stereocenters. The van der Waals surface area contributed by atoms with Crippen molar-refractivity contribution in [1.29, 1.82) is 0 Å². The number of ether oxygens (including phenoxy) is 1. The predicted octanol–water partition coefficient (Wildman–Crippen LogP) is 2.26. The van der Waals surface area contributed by atoms with Crippen LogP contribution in [-0.2, 0) is 6.54 Å². The first kappa shape index (κ1) is 14.0. The van der Waals surface area contributed by atoms with E-state index in [-0.39, 0.29) is 0 Å². The fraction of sp³-hybridized carbons (Fsp3) is 0.571. The Hall–Kier alpha value is -1.06. The van der Waals surface area contributed by atoms with Gasteiger partial charge in [-0.3, -0.25) is 4.90 Å². The van der Waals surface area contributed by atoms with E-state index in [9.17, 15) is 0 Å². The molecule has 0 fully saturated rings. The molecule has 0 heterocycles. The van der Waals surface area contributed by atoms with Crippen molar-refractivity contribution in [2.45, 2.75) is 26.3 Å². The molecule has 3 heteroatoms. The molecule has 0 radical (unpaired) electrons. The fourth-order valence-corrected chi connectivity index (χ4v) is 1.98. The minimum atomic E-state index is 0.756. The van der Waals surface area contributed by atoms with Crippen molar-refractivity contribution in [3.8, 4) is 5.75 Å². The van der Waals surface area contributed by atoms with Gasteiger partial charge in [0.2, 0.25) is 0 Å². The van der Waals surface area contributed by atoms with Gasteiger partial charge in [-0.2, -0.15) is 0 Å². The van der Waals surface area contributed by atoms with Crippen molar-refractivity contribution >= 4 is 0 Å². The van der Waals surface area contributed by atoms with Gasteiger partial charge >= 0.3 is 0 Å². The summed E-state index contributed by atoms with van der Waals surface area (Å²) in [7, 11) is 1.73. The summed E-state index contributed by atoms with van der Waals surface area (Å²) in [6.45, 7) is 6.07. The van der Waals surface area contributed by atoms with E-state index in [0.717, 1.165) is 38.3 Å². The molecule has 0 aromatic heterocycles. The first-order valence-corrected chi connectivity index (χ1v) is 6.36. The maximum Gasteiger partial charge on any atom is 0.123 e. The van der Waals surface area contributed by atoms with E-state index in [2.05, 4.69) is 24.0 Å². The molecule has 96 valence electrons. The van der Waals surface area contributed by atoms with Gasteiger partial charge in [0.1, 0.15) is 5.75 Å². The van der Waals surface area contributed by atoms with Gasteiger partial charge < -0.3 is 10.5 Å². The third kappa shape index (κ3) is 4.75. The number of hydrogen-bond acceptors (Lipinski definition) is 3. The summed E-state index contributed by atoms with van der Waals surface area (Å²) < 4.78 is 5.38. The number of benzene rings is 1. The van der Waals surface area contributed by atoms with Crippen LogP contribution < -0.4 is 10.5 Å². The Bertz CT molecular complexity index is 315. The Labute approximate surface area is 105 Å². The summed E-state index contributed by atoms with van der Waals surface area (Å²) >= 11 is 0. The molecule has 0 bridgehead atoms. The van der Waals surface area contributed by atoms with Crippen LogP contribution in [0.15, 0.2) is 24.3 Å². The van der Waals surface area contributed by atoms with Gasteiger partial charge in [0.25, 0.3) is 0 Å². The van der Waals surface area contributed by atoms with Gasteiger partial charge in [-0.05, 0) is 38.5 Å². The zero-order valence-electron chi connectivity index (χ0n) is 11.0. The lowest BCUT2D eigenvalue weighted by molar-refractivity contribution is 0.259. The summed E-state index contributed by atoms with van der Waals surface area (Å²) in [6, 6.07) is 8.21. The minimum absolute atomic E-state index is 0.756. The smallest absolute Gasteiger partial charge is 0.123 e. The number of nitrogens with two attached hydrogens (primary N) is 1.